The number of ether oxygens (including phenoxy) is 2. The van der Waals surface area contributed by atoms with Gasteiger partial charge < -0.3 is 9.47 Å². The first-order chi connectivity index (χ1) is 9.35. The highest BCUT2D eigenvalue weighted by Crippen LogP contribution is 2.26. The lowest BCUT2D eigenvalue weighted by Gasteiger charge is -2.23. The van der Waals surface area contributed by atoms with E-state index in [0.29, 0.717) is 0 Å². The average Bonchev–Trinajstić information content (AvgIpc) is 2.36. The molecule has 0 amide bonds. The van der Waals surface area contributed by atoms with Gasteiger partial charge in [-0.3, -0.25) is 0 Å². The van der Waals surface area contributed by atoms with Gasteiger partial charge in [-0.2, -0.15) is 0 Å². The summed E-state index contributed by atoms with van der Waals surface area (Å²) in [6, 6.07) is 6.13. The molecule has 3 heteroatoms. The number of aryl methyl sites for hydroxylation is 2. The van der Waals surface area contributed by atoms with Gasteiger partial charge in [0, 0.05) is 0 Å². The zero-order valence-electron chi connectivity index (χ0n) is 12.9. The number of carbonyl (C=O) groups excluding carboxylic acids is 1. The molecule has 1 atom stereocenters. The van der Waals surface area contributed by atoms with E-state index in [9.17, 15) is 4.79 Å². The zero-order valence-corrected chi connectivity index (χ0v) is 12.9. The van der Waals surface area contributed by atoms with E-state index >= 15 is 0 Å². The van der Waals surface area contributed by atoms with Crippen LogP contribution in [0, 0.1) is 0 Å². The van der Waals surface area contributed by atoms with Crippen molar-refractivity contribution >= 4 is 5.97 Å². The summed E-state index contributed by atoms with van der Waals surface area (Å²) in [7, 11) is 0. The van der Waals surface area contributed by atoms with Crippen LogP contribution in [0.25, 0.3) is 0 Å². The highest BCUT2D eigenvalue weighted by atomic mass is 16.6. The van der Waals surface area contributed by atoms with Crippen LogP contribution in [0.4, 0.5) is 0 Å². The fourth-order valence-electron chi connectivity index (χ4n) is 2.42. The summed E-state index contributed by atoms with van der Waals surface area (Å²) < 4.78 is 11.0. The lowest BCUT2D eigenvalue weighted by atomic mass is 9.92. The van der Waals surface area contributed by atoms with E-state index in [1.165, 1.54) is 24.0 Å². The second kappa shape index (κ2) is 5.86. The molecule has 0 aromatic heterocycles. The zero-order chi connectivity index (χ0) is 14.8. The van der Waals surface area contributed by atoms with Crippen LogP contribution in [0.15, 0.2) is 18.2 Å². The summed E-state index contributed by atoms with van der Waals surface area (Å²) in [4.78, 5) is 11.9. The molecule has 0 radical (unpaired) electrons. The van der Waals surface area contributed by atoms with E-state index in [4.69, 9.17) is 9.47 Å². The van der Waals surface area contributed by atoms with E-state index in [2.05, 4.69) is 12.1 Å². The first kappa shape index (κ1) is 14.9. The molecular weight excluding hydrogens is 252 g/mol. The minimum absolute atomic E-state index is 0.324. The van der Waals surface area contributed by atoms with Crippen molar-refractivity contribution in [2.75, 3.05) is 0 Å². The predicted molar refractivity (Wildman–Crippen MR) is 79.0 cm³/mol. The van der Waals surface area contributed by atoms with Gasteiger partial charge >= 0.3 is 5.97 Å². The van der Waals surface area contributed by atoms with Crippen molar-refractivity contribution in [2.24, 2.45) is 0 Å². The molecule has 1 unspecified atom stereocenters. The van der Waals surface area contributed by atoms with Gasteiger partial charge in [0.05, 0.1) is 0 Å². The van der Waals surface area contributed by atoms with E-state index in [1.54, 1.807) is 6.92 Å². The van der Waals surface area contributed by atoms with Gasteiger partial charge in [-0.05, 0) is 76.6 Å². The Morgan fingerprint density at radius 3 is 2.45 bits per heavy atom. The van der Waals surface area contributed by atoms with Crippen molar-refractivity contribution in [1.29, 1.82) is 0 Å². The third-order valence-electron chi connectivity index (χ3n) is 3.37. The molecule has 1 aromatic rings. The minimum atomic E-state index is -0.587. The van der Waals surface area contributed by atoms with Crippen LogP contribution in [0.5, 0.6) is 5.75 Å². The average molecular weight is 276 g/mol. The Morgan fingerprint density at radius 1 is 1.15 bits per heavy atom. The number of rotatable bonds is 3. The van der Waals surface area contributed by atoms with Crippen molar-refractivity contribution in [3.8, 4) is 5.75 Å². The van der Waals surface area contributed by atoms with Crippen LogP contribution in [0.3, 0.4) is 0 Å². The van der Waals surface area contributed by atoms with Gasteiger partial charge in [-0.25, -0.2) is 4.79 Å². The number of fused-ring (bicyclic) bond motifs is 1. The lowest BCUT2D eigenvalue weighted by Crippen LogP contribution is -2.33. The maximum atomic E-state index is 11.9. The number of esters is 1. The highest BCUT2D eigenvalue weighted by molar-refractivity contribution is 5.75. The summed E-state index contributed by atoms with van der Waals surface area (Å²) in [5.74, 6) is 0.430. The Morgan fingerprint density at radius 2 is 1.80 bits per heavy atom. The highest BCUT2D eigenvalue weighted by Gasteiger charge is 2.23. The smallest absolute Gasteiger partial charge is 0.347 e. The van der Waals surface area contributed by atoms with Gasteiger partial charge in [0.1, 0.15) is 11.4 Å². The Labute approximate surface area is 121 Å². The standard InChI is InChI=1S/C17H24O3/c1-12(16(18)20-17(2,3)4)19-15-10-9-13-7-5-6-8-14(13)11-15/h9-12H,5-8H2,1-4H3. The molecule has 1 aliphatic carbocycles. The fraction of sp³-hybridized carbons (Fsp3) is 0.588. The molecule has 110 valence electrons. The molecule has 3 nitrogen and oxygen atoms in total. The topological polar surface area (TPSA) is 35.5 Å². The van der Waals surface area contributed by atoms with Crippen molar-refractivity contribution in [3.63, 3.8) is 0 Å². The van der Waals surface area contributed by atoms with Crippen LogP contribution in [-0.2, 0) is 22.4 Å². The summed E-state index contributed by atoms with van der Waals surface area (Å²) in [6.45, 7) is 7.30. The van der Waals surface area contributed by atoms with Crippen molar-refractivity contribution < 1.29 is 14.3 Å². The molecule has 0 saturated carbocycles. The van der Waals surface area contributed by atoms with Crippen LogP contribution in [0.2, 0.25) is 0 Å². The monoisotopic (exact) mass is 276 g/mol. The normalized spacial score (nSPS) is 16.2. The molecule has 1 aromatic carbocycles. The van der Waals surface area contributed by atoms with Gasteiger partial charge in [0.25, 0.3) is 0 Å². The van der Waals surface area contributed by atoms with Crippen LogP contribution in [-0.4, -0.2) is 17.7 Å². The number of hydrogen-bond acceptors (Lipinski definition) is 3. The van der Waals surface area contributed by atoms with Gasteiger partial charge in [-0.15, -0.1) is 0 Å². The lowest BCUT2D eigenvalue weighted by molar-refractivity contribution is -0.162. The molecule has 1 aliphatic rings. The SMILES string of the molecule is CC(Oc1ccc2c(c1)CCCC2)C(=O)OC(C)(C)C. The molecule has 0 fully saturated rings. The summed E-state index contributed by atoms with van der Waals surface area (Å²) in [5.41, 5.74) is 2.28. The fourth-order valence-corrected chi connectivity index (χ4v) is 2.42. The number of hydrogen-bond donors (Lipinski definition) is 0. The Bertz CT molecular complexity index is 485. The second-order valence-corrected chi connectivity index (χ2v) is 6.43. The Balaban J connectivity index is 2.01. The predicted octanol–water partition coefficient (Wildman–Crippen LogP) is 3.67. The van der Waals surface area contributed by atoms with Crippen LogP contribution >= 0.6 is 0 Å². The first-order valence-electron chi connectivity index (χ1n) is 7.36. The third-order valence-corrected chi connectivity index (χ3v) is 3.37. The van der Waals surface area contributed by atoms with E-state index in [0.717, 1.165) is 18.6 Å². The number of benzene rings is 1. The van der Waals surface area contributed by atoms with Crippen molar-refractivity contribution in [2.45, 2.75) is 65.1 Å². The summed E-state index contributed by atoms with van der Waals surface area (Å²) in [5, 5.41) is 0. The van der Waals surface area contributed by atoms with E-state index in [-0.39, 0.29) is 5.97 Å². The van der Waals surface area contributed by atoms with Crippen LogP contribution in [0.1, 0.15) is 51.7 Å². The summed E-state index contributed by atoms with van der Waals surface area (Å²) >= 11 is 0. The molecule has 0 N–H and O–H groups in total. The minimum Gasteiger partial charge on any atom is -0.479 e. The quantitative estimate of drug-likeness (QED) is 0.790. The Kier molecular flexibility index (Phi) is 4.36. The number of carbonyl (C=O) groups is 1. The van der Waals surface area contributed by atoms with Gasteiger partial charge in [0.2, 0.25) is 0 Å². The maximum absolute atomic E-state index is 11.9. The van der Waals surface area contributed by atoms with Crippen LogP contribution < -0.4 is 4.74 Å². The van der Waals surface area contributed by atoms with Gasteiger partial charge in [0.15, 0.2) is 6.10 Å². The molecule has 2 rings (SSSR count). The third kappa shape index (κ3) is 3.99. The Hall–Kier alpha value is -1.51. The van der Waals surface area contributed by atoms with Crippen molar-refractivity contribution in [1.82, 2.24) is 0 Å². The largest absolute Gasteiger partial charge is 0.479 e. The molecular formula is C17H24O3. The molecule has 0 saturated heterocycles. The maximum Gasteiger partial charge on any atom is 0.347 e. The molecule has 0 bridgehead atoms. The van der Waals surface area contributed by atoms with Crippen molar-refractivity contribution in [3.05, 3.63) is 29.3 Å². The van der Waals surface area contributed by atoms with E-state index < -0.39 is 11.7 Å². The molecule has 20 heavy (non-hydrogen) atoms. The molecule has 0 spiro atoms. The molecule has 0 heterocycles. The summed E-state index contributed by atoms with van der Waals surface area (Å²) in [6.07, 6.45) is 4.17. The molecule has 0 aliphatic heterocycles. The van der Waals surface area contributed by atoms with E-state index in [1.807, 2.05) is 26.8 Å². The first-order valence-corrected chi connectivity index (χ1v) is 7.36. The van der Waals surface area contributed by atoms with Gasteiger partial charge in [-0.1, -0.05) is 6.07 Å². The second-order valence-electron chi connectivity index (χ2n) is 6.43.